The largest absolute Gasteiger partial charge is 0.466 e. The van der Waals surface area contributed by atoms with Crippen molar-refractivity contribution in [3.63, 3.8) is 0 Å². The molecule has 21 heavy (non-hydrogen) atoms. The van der Waals surface area contributed by atoms with E-state index in [2.05, 4.69) is 64.4 Å². The number of nitrogens with one attached hydrogen (secondary N) is 1. The van der Waals surface area contributed by atoms with Gasteiger partial charge in [-0.1, -0.05) is 6.58 Å². The molecule has 0 spiro atoms. The summed E-state index contributed by atoms with van der Waals surface area (Å²) in [4.78, 5) is 23.4. The first-order valence-electron chi connectivity index (χ1n) is 5.62. The number of carbonyl (C=O) groups is 2. The van der Waals surface area contributed by atoms with Crippen molar-refractivity contribution in [3.05, 3.63) is 37.7 Å². The Morgan fingerprint density at radius 3 is 2.38 bits per heavy atom. The van der Waals surface area contributed by atoms with Gasteiger partial charge >= 0.3 is 12.1 Å². The van der Waals surface area contributed by atoms with Gasteiger partial charge in [-0.2, -0.15) is 0 Å². The van der Waals surface area contributed by atoms with E-state index in [1.807, 2.05) is 0 Å². The van der Waals surface area contributed by atoms with E-state index in [0.29, 0.717) is 15.7 Å². The predicted molar refractivity (Wildman–Crippen MR) is 90.3 cm³/mol. The number of anilines is 1. The zero-order valence-electron chi connectivity index (χ0n) is 11.2. The summed E-state index contributed by atoms with van der Waals surface area (Å²) >= 11 is 10.0. The number of hydrogen-bond acceptors (Lipinski definition) is 4. The van der Waals surface area contributed by atoms with Gasteiger partial charge in [0.15, 0.2) is 0 Å². The first-order valence-corrected chi connectivity index (χ1v) is 8.00. The summed E-state index contributed by atoms with van der Waals surface area (Å²) in [6.07, 6.45) is -1.93. The van der Waals surface area contributed by atoms with Gasteiger partial charge in [-0.3, -0.25) is 5.32 Å². The van der Waals surface area contributed by atoms with Crippen LogP contribution in [0.2, 0.25) is 0 Å². The number of ether oxygens (including phenoxy) is 2. The van der Waals surface area contributed by atoms with Crippen LogP contribution in [0, 0.1) is 0 Å². The minimum atomic E-state index is -1.15. The van der Waals surface area contributed by atoms with Gasteiger partial charge in [-0.25, -0.2) is 9.59 Å². The maximum Gasteiger partial charge on any atom is 0.412 e. The third kappa shape index (κ3) is 4.82. The zero-order valence-corrected chi connectivity index (χ0v) is 16.0. The zero-order chi connectivity index (χ0) is 16.2. The number of benzene rings is 1. The number of esters is 1. The Hall–Kier alpha value is -0.860. The van der Waals surface area contributed by atoms with E-state index >= 15 is 0 Å². The normalized spacial score (nSPS) is 11.5. The highest BCUT2D eigenvalue weighted by Gasteiger charge is 2.25. The van der Waals surface area contributed by atoms with E-state index in [1.54, 1.807) is 19.1 Å². The predicted octanol–water partition coefficient (Wildman–Crippen LogP) is 4.64. The second-order valence-corrected chi connectivity index (χ2v) is 6.44. The van der Waals surface area contributed by atoms with Crippen molar-refractivity contribution in [2.45, 2.75) is 13.0 Å². The van der Waals surface area contributed by atoms with Gasteiger partial charge in [-0.15, -0.1) is 0 Å². The number of carbonyl (C=O) groups excluding carboxylic acids is 2. The standard InChI is InChI=1S/C13H12Br3NO4/c1-6(2)11(12(18)20-3)21-13(19)17-8-5-4-7(14)9(15)10(8)16/h4-5,11H,1H2,2-3H3,(H,17,19). The monoisotopic (exact) mass is 483 g/mol. The number of methoxy groups -OCH3 is 1. The topological polar surface area (TPSA) is 64.6 Å². The average molecular weight is 486 g/mol. The van der Waals surface area contributed by atoms with Gasteiger partial charge in [0.05, 0.1) is 17.3 Å². The Morgan fingerprint density at radius 2 is 1.86 bits per heavy atom. The molecule has 0 aromatic heterocycles. The first kappa shape index (κ1) is 18.2. The fourth-order valence-electron chi connectivity index (χ4n) is 1.33. The molecule has 0 heterocycles. The van der Waals surface area contributed by atoms with Crippen LogP contribution in [0.15, 0.2) is 37.7 Å². The van der Waals surface area contributed by atoms with Crippen LogP contribution in [0.5, 0.6) is 0 Å². The summed E-state index contributed by atoms with van der Waals surface area (Å²) in [6, 6.07) is 3.43. The molecular formula is C13H12Br3NO4. The molecule has 1 atom stereocenters. The molecule has 0 aliphatic rings. The third-order valence-electron chi connectivity index (χ3n) is 2.36. The Bertz CT molecular complexity index is 589. The second kappa shape index (κ2) is 7.95. The number of rotatable bonds is 4. The molecule has 0 bridgehead atoms. The summed E-state index contributed by atoms with van der Waals surface area (Å²) < 4.78 is 11.8. The van der Waals surface area contributed by atoms with Gasteiger partial charge in [-0.05, 0) is 72.4 Å². The summed E-state index contributed by atoms with van der Waals surface area (Å²) in [5.41, 5.74) is 0.855. The number of amides is 1. The highest BCUT2D eigenvalue weighted by Crippen LogP contribution is 2.36. The maximum absolute atomic E-state index is 11.9. The fourth-order valence-corrected chi connectivity index (χ4v) is 2.71. The highest BCUT2D eigenvalue weighted by atomic mass is 79.9. The van der Waals surface area contributed by atoms with Crippen LogP contribution < -0.4 is 5.32 Å². The Kier molecular flexibility index (Phi) is 6.89. The van der Waals surface area contributed by atoms with E-state index in [0.717, 1.165) is 8.95 Å². The molecule has 1 aromatic carbocycles. The molecule has 0 aliphatic heterocycles. The average Bonchev–Trinajstić information content (AvgIpc) is 2.44. The lowest BCUT2D eigenvalue weighted by Crippen LogP contribution is -2.31. The molecule has 1 unspecified atom stereocenters. The Morgan fingerprint density at radius 1 is 1.24 bits per heavy atom. The SMILES string of the molecule is C=C(C)C(OC(=O)Nc1ccc(Br)c(Br)c1Br)C(=O)OC. The highest BCUT2D eigenvalue weighted by molar-refractivity contribution is 9.14. The summed E-state index contributed by atoms with van der Waals surface area (Å²) in [5, 5.41) is 2.53. The molecular weight excluding hydrogens is 474 g/mol. The molecule has 1 rings (SSSR count). The lowest BCUT2D eigenvalue weighted by Gasteiger charge is -2.16. The van der Waals surface area contributed by atoms with Crippen LogP contribution >= 0.6 is 47.8 Å². The number of halogens is 3. The van der Waals surface area contributed by atoms with Gasteiger partial charge in [0, 0.05) is 8.95 Å². The fraction of sp³-hybridized carbons (Fsp3) is 0.231. The van der Waals surface area contributed by atoms with Gasteiger partial charge in [0.25, 0.3) is 0 Å². The minimum Gasteiger partial charge on any atom is -0.466 e. The van der Waals surface area contributed by atoms with E-state index < -0.39 is 18.2 Å². The van der Waals surface area contributed by atoms with Crippen LogP contribution in [-0.2, 0) is 14.3 Å². The Balaban J connectivity index is 2.84. The molecule has 1 amide bonds. The Labute approximate surface area is 147 Å². The second-order valence-electron chi connectivity index (χ2n) is 4.00. The molecule has 0 fully saturated rings. The van der Waals surface area contributed by atoms with Crippen molar-refractivity contribution in [2.24, 2.45) is 0 Å². The first-order chi connectivity index (χ1) is 9.77. The van der Waals surface area contributed by atoms with Crippen molar-refractivity contribution in [2.75, 3.05) is 12.4 Å². The van der Waals surface area contributed by atoms with Crippen molar-refractivity contribution >= 4 is 65.5 Å². The summed E-state index contributed by atoms with van der Waals surface area (Å²) in [7, 11) is 1.21. The number of hydrogen-bond donors (Lipinski definition) is 1. The van der Waals surface area contributed by atoms with Crippen molar-refractivity contribution < 1.29 is 19.1 Å². The summed E-state index contributed by atoms with van der Waals surface area (Å²) in [5.74, 6) is -0.686. The van der Waals surface area contributed by atoms with Crippen LogP contribution in [0.3, 0.4) is 0 Å². The maximum atomic E-state index is 11.9. The van der Waals surface area contributed by atoms with E-state index in [-0.39, 0.29) is 0 Å². The summed E-state index contributed by atoms with van der Waals surface area (Å²) in [6.45, 7) is 5.17. The molecule has 0 saturated heterocycles. The quantitative estimate of drug-likeness (QED) is 0.383. The van der Waals surface area contributed by atoms with Gasteiger partial charge in [0.1, 0.15) is 0 Å². The van der Waals surface area contributed by atoms with Crippen LogP contribution in [-0.4, -0.2) is 25.3 Å². The van der Waals surface area contributed by atoms with Crippen LogP contribution in [0.1, 0.15) is 6.92 Å². The van der Waals surface area contributed by atoms with Crippen molar-refractivity contribution in [3.8, 4) is 0 Å². The van der Waals surface area contributed by atoms with E-state index in [4.69, 9.17) is 4.74 Å². The minimum absolute atomic E-state index is 0.369. The lowest BCUT2D eigenvalue weighted by molar-refractivity contribution is -0.148. The molecule has 1 aromatic rings. The lowest BCUT2D eigenvalue weighted by atomic mass is 10.2. The van der Waals surface area contributed by atoms with E-state index in [1.165, 1.54) is 7.11 Å². The van der Waals surface area contributed by atoms with Crippen molar-refractivity contribution in [1.29, 1.82) is 0 Å². The van der Waals surface area contributed by atoms with Crippen molar-refractivity contribution in [1.82, 2.24) is 0 Å². The molecule has 0 aliphatic carbocycles. The molecule has 5 nitrogen and oxygen atoms in total. The smallest absolute Gasteiger partial charge is 0.412 e. The van der Waals surface area contributed by atoms with Crippen LogP contribution in [0.4, 0.5) is 10.5 Å². The molecule has 0 radical (unpaired) electrons. The van der Waals surface area contributed by atoms with Gasteiger partial charge < -0.3 is 9.47 Å². The van der Waals surface area contributed by atoms with Crippen LogP contribution in [0.25, 0.3) is 0 Å². The molecule has 8 heteroatoms. The molecule has 114 valence electrons. The molecule has 0 saturated carbocycles. The molecule has 1 N–H and O–H groups in total. The van der Waals surface area contributed by atoms with Gasteiger partial charge in [0.2, 0.25) is 6.10 Å². The third-order valence-corrected chi connectivity index (χ3v) is 5.73. The van der Waals surface area contributed by atoms with E-state index in [9.17, 15) is 9.59 Å².